The van der Waals surface area contributed by atoms with Gasteiger partial charge in [0.25, 0.3) is 0 Å². The third-order valence-corrected chi connectivity index (χ3v) is 6.17. The van der Waals surface area contributed by atoms with Crippen LogP contribution in [0.25, 0.3) is 0 Å². The van der Waals surface area contributed by atoms with Gasteiger partial charge in [0.2, 0.25) is 0 Å². The number of hydrogen-bond acceptors (Lipinski definition) is 6. The molecule has 8 heteroatoms. The number of amides is 1. The lowest BCUT2D eigenvalue weighted by Gasteiger charge is -2.40. The third kappa shape index (κ3) is 5.89. The van der Waals surface area contributed by atoms with E-state index in [-0.39, 0.29) is 30.9 Å². The summed E-state index contributed by atoms with van der Waals surface area (Å²) in [6.45, 7) is 1.50. The van der Waals surface area contributed by atoms with Crippen LogP contribution in [0.4, 0.5) is 10.5 Å². The highest BCUT2D eigenvalue weighted by Crippen LogP contribution is 2.27. The molecule has 0 aromatic heterocycles. The van der Waals surface area contributed by atoms with Crippen molar-refractivity contribution < 1.29 is 24.2 Å². The molecule has 0 saturated carbocycles. The zero-order valence-corrected chi connectivity index (χ0v) is 18.3. The average molecular weight is 450 g/mol. The number of aliphatic carboxylic acids is 1. The Morgan fingerprint density at radius 3 is 2.64 bits per heavy atom. The van der Waals surface area contributed by atoms with Crippen LogP contribution < -0.4 is 4.90 Å². The van der Waals surface area contributed by atoms with Crippen LogP contribution >= 0.6 is 0 Å². The fraction of sp³-hybridized carbons (Fsp3) is 0.400. The minimum Gasteiger partial charge on any atom is -0.480 e. The molecule has 0 aliphatic carbocycles. The number of carbonyl (C=O) groups excluding carboxylic acids is 1. The normalized spacial score (nSPS) is 23.2. The first-order chi connectivity index (χ1) is 16.0. The fourth-order valence-electron chi connectivity index (χ4n) is 4.55. The molecule has 1 N–H and O–H groups in total. The summed E-state index contributed by atoms with van der Waals surface area (Å²) in [5.41, 5.74) is 2.46. The van der Waals surface area contributed by atoms with Crippen LogP contribution in [0.5, 0.6) is 0 Å². The van der Waals surface area contributed by atoms with Crippen molar-refractivity contribution in [1.82, 2.24) is 4.90 Å². The molecule has 2 fully saturated rings. The number of benzene rings is 2. The number of nitriles is 1. The topological polar surface area (TPSA) is 103 Å². The number of nitrogens with zero attached hydrogens (tertiary/aromatic N) is 3. The zero-order chi connectivity index (χ0) is 23.2. The Labute approximate surface area is 192 Å². The number of ether oxygens (including phenoxy) is 2. The number of carboxylic acids is 1. The lowest BCUT2D eigenvalue weighted by molar-refractivity contribution is -0.146. The molecule has 3 unspecified atom stereocenters. The van der Waals surface area contributed by atoms with Crippen LogP contribution in [0.15, 0.2) is 54.6 Å². The van der Waals surface area contributed by atoms with E-state index >= 15 is 0 Å². The second-order valence-electron chi connectivity index (χ2n) is 8.46. The van der Waals surface area contributed by atoms with Crippen LogP contribution in [-0.4, -0.2) is 66.6 Å². The Morgan fingerprint density at radius 2 is 1.94 bits per heavy atom. The van der Waals surface area contributed by atoms with E-state index in [2.05, 4.69) is 23.1 Å². The Balaban J connectivity index is 1.41. The quantitative estimate of drug-likeness (QED) is 0.661. The maximum absolute atomic E-state index is 12.5. The standard InChI is InChI=1S/C25H27N3O5/c26-14-19-6-8-20(9-7-19)28-16-23(33-25(28)31)15-27-11-10-22(32-17-24(29)30)13-21(27)12-18-4-2-1-3-5-18/h1-9,21-23H,10-13,15-17H2,(H,29,30). The molecular formula is C25H27N3O5. The van der Waals surface area contributed by atoms with E-state index in [1.165, 1.54) is 5.56 Å². The van der Waals surface area contributed by atoms with E-state index in [0.29, 0.717) is 24.3 Å². The van der Waals surface area contributed by atoms with Crippen molar-refractivity contribution in [3.8, 4) is 6.07 Å². The summed E-state index contributed by atoms with van der Waals surface area (Å²) in [6.07, 6.45) is 1.51. The number of rotatable bonds is 8. The molecule has 2 aromatic rings. The summed E-state index contributed by atoms with van der Waals surface area (Å²) in [7, 11) is 0. The van der Waals surface area contributed by atoms with Crippen molar-refractivity contribution in [3.63, 3.8) is 0 Å². The van der Waals surface area contributed by atoms with Crippen molar-refractivity contribution in [2.24, 2.45) is 0 Å². The lowest BCUT2D eigenvalue weighted by Crippen LogP contribution is -2.49. The first-order valence-electron chi connectivity index (χ1n) is 11.1. The average Bonchev–Trinajstić information content (AvgIpc) is 3.19. The van der Waals surface area contributed by atoms with Gasteiger partial charge in [0.15, 0.2) is 0 Å². The van der Waals surface area contributed by atoms with Crippen molar-refractivity contribution >= 4 is 17.7 Å². The van der Waals surface area contributed by atoms with Gasteiger partial charge in [-0.05, 0) is 49.1 Å². The SMILES string of the molecule is N#Cc1ccc(N2CC(CN3CCC(OCC(=O)O)CC3Cc3ccccc3)OC2=O)cc1. The first kappa shape index (κ1) is 22.8. The van der Waals surface area contributed by atoms with E-state index in [1.54, 1.807) is 29.2 Å². The van der Waals surface area contributed by atoms with Gasteiger partial charge in [0, 0.05) is 24.8 Å². The number of piperidine rings is 1. The summed E-state index contributed by atoms with van der Waals surface area (Å²) < 4.78 is 11.3. The molecule has 0 spiro atoms. The molecular weight excluding hydrogens is 422 g/mol. The predicted molar refractivity (Wildman–Crippen MR) is 121 cm³/mol. The van der Waals surface area contributed by atoms with Gasteiger partial charge >= 0.3 is 12.1 Å². The van der Waals surface area contributed by atoms with E-state index in [4.69, 9.17) is 19.8 Å². The summed E-state index contributed by atoms with van der Waals surface area (Å²) in [4.78, 5) is 27.3. The number of cyclic esters (lactones) is 1. The summed E-state index contributed by atoms with van der Waals surface area (Å²) in [5, 5.41) is 17.9. The van der Waals surface area contributed by atoms with Crippen molar-refractivity contribution in [1.29, 1.82) is 5.26 Å². The summed E-state index contributed by atoms with van der Waals surface area (Å²) >= 11 is 0. The minimum absolute atomic E-state index is 0.104. The van der Waals surface area contributed by atoms with Gasteiger partial charge in [-0.1, -0.05) is 30.3 Å². The van der Waals surface area contributed by atoms with Crippen LogP contribution in [0, 0.1) is 11.3 Å². The van der Waals surface area contributed by atoms with Gasteiger partial charge in [-0.3, -0.25) is 9.80 Å². The Kier molecular flexibility index (Phi) is 7.23. The molecule has 2 saturated heterocycles. The molecule has 2 aliphatic rings. The molecule has 2 aromatic carbocycles. The van der Waals surface area contributed by atoms with Gasteiger partial charge in [-0.25, -0.2) is 9.59 Å². The Hall–Kier alpha value is -3.41. The van der Waals surface area contributed by atoms with Crippen LogP contribution in [0.3, 0.4) is 0 Å². The predicted octanol–water partition coefficient (Wildman–Crippen LogP) is 3.06. The number of hydrogen-bond donors (Lipinski definition) is 1. The highest BCUT2D eigenvalue weighted by atomic mass is 16.6. The number of carbonyl (C=O) groups is 2. The fourth-order valence-corrected chi connectivity index (χ4v) is 4.55. The van der Waals surface area contributed by atoms with E-state index in [9.17, 15) is 9.59 Å². The van der Waals surface area contributed by atoms with Crippen molar-refractivity contribution in [3.05, 3.63) is 65.7 Å². The second kappa shape index (κ2) is 10.5. The highest BCUT2D eigenvalue weighted by Gasteiger charge is 2.37. The minimum atomic E-state index is -0.960. The van der Waals surface area contributed by atoms with Gasteiger partial charge in [0.05, 0.1) is 24.3 Å². The van der Waals surface area contributed by atoms with Crippen LogP contribution in [-0.2, 0) is 20.7 Å². The number of likely N-dealkylation sites (tertiary alicyclic amines) is 1. The van der Waals surface area contributed by atoms with Crippen LogP contribution in [0.1, 0.15) is 24.0 Å². The van der Waals surface area contributed by atoms with E-state index in [1.807, 2.05) is 18.2 Å². The summed E-state index contributed by atoms with van der Waals surface area (Å²) in [5.74, 6) is -0.960. The molecule has 33 heavy (non-hydrogen) atoms. The Bertz CT molecular complexity index is 1000. The Morgan fingerprint density at radius 1 is 1.18 bits per heavy atom. The molecule has 0 bridgehead atoms. The van der Waals surface area contributed by atoms with Gasteiger partial charge in [-0.2, -0.15) is 5.26 Å². The van der Waals surface area contributed by atoms with Crippen LogP contribution in [0.2, 0.25) is 0 Å². The molecule has 4 rings (SSSR count). The largest absolute Gasteiger partial charge is 0.480 e. The number of anilines is 1. The summed E-state index contributed by atoms with van der Waals surface area (Å²) in [6, 6.07) is 19.3. The van der Waals surface area contributed by atoms with Gasteiger partial charge in [0.1, 0.15) is 12.7 Å². The second-order valence-corrected chi connectivity index (χ2v) is 8.46. The maximum atomic E-state index is 12.5. The molecule has 1 amide bonds. The van der Waals surface area contributed by atoms with Crippen molar-refractivity contribution in [2.45, 2.75) is 37.5 Å². The first-order valence-corrected chi connectivity index (χ1v) is 11.1. The molecule has 2 heterocycles. The molecule has 8 nitrogen and oxygen atoms in total. The number of carboxylic acid groups (broad SMARTS) is 1. The smallest absolute Gasteiger partial charge is 0.414 e. The highest BCUT2D eigenvalue weighted by molar-refractivity contribution is 5.89. The molecule has 0 radical (unpaired) electrons. The monoisotopic (exact) mass is 449 g/mol. The van der Waals surface area contributed by atoms with Gasteiger partial charge in [-0.15, -0.1) is 0 Å². The third-order valence-electron chi connectivity index (χ3n) is 6.17. The maximum Gasteiger partial charge on any atom is 0.414 e. The molecule has 2 aliphatic heterocycles. The van der Waals surface area contributed by atoms with E-state index in [0.717, 1.165) is 25.8 Å². The molecule has 172 valence electrons. The molecule has 3 atom stereocenters. The zero-order valence-electron chi connectivity index (χ0n) is 18.3. The lowest BCUT2D eigenvalue weighted by atomic mass is 9.93. The van der Waals surface area contributed by atoms with Gasteiger partial charge < -0.3 is 14.6 Å². The van der Waals surface area contributed by atoms with Crippen molar-refractivity contribution in [2.75, 3.05) is 31.1 Å². The van der Waals surface area contributed by atoms with E-state index < -0.39 is 5.97 Å².